The minimum absolute atomic E-state index is 0.0131. The molecule has 0 fully saturated rings. The molecule has 0 saturated heterocycles. The Morgan fingerprint density at radius 3 is 2.17 bits per heavy atom. The number of rotatable bonds is 4. The van der Waals surface area contributed by atoms with Gasteiger partial charge in [-0.2, -0.15) is 0 Å². The Bertz CT molecular complexity index is 426. The van der Waals surface area contributed by atoms with Gasteiger partial charge in [0.2, 0.25) is 5.91 Å². The second-order valence-corrected chi connectivity index (χ2v) is 4.95. The lowest BCUT2D eigenvalue weighted by Crippen LogP contribution is -2.36. The number of nitrogen functional groups attached to an aromatic ring is 1. The van der Waals surface area contributed by atoms with Crippen molar-refractivity contribution in [2.24, 2.45) is 0 Å². The molecule has 1 aromatic carbocycles. The zero-order valence-corrected chi connectivity index (χ0v) is 12.2. The molecule has 0 bridgehead atoms. The predicted molar refractivity (Wildman–Crippen MR) is 77.5 cm³/mol. The number of nitrogens with two attached hydrogens (primary N) is 1. The van der Waals surface area contributed by atoms with Crippen LogP contribution < -0.4 is 10.6 Å². The van der Waals surface area contributed by atoms with Crippen molar-refractivity contribution in [3.8, 4) is 0 Å². The average Bonchev–Trinajstić information content (AvgIpc) is 2.25. The normalized spacial score (nSPS) is 10.3. The first-order valence-electron chi connectivity index (χ1n) is 5.56. The zero-order chi connectivity index (χ0) is 13.9. The summed E-state index contributed by atoms with van der Waals surface area (Å²) in [6.07, 6.45) is 0. The van der Waals surface area contributed by atoms with E-state index >= 15 is 0 Å². The number of nitrogens with zero attached hydrogens (tertiary/aromatic N) is 2. The molecular weight excluding hydrogens is 273 g/mol. The number of likely N-dealkylation sites (N-methyl/N-ethyl adjacent to an activating group) is 2. The molecule has 0 radical (unpaired) electrons. The van der Waals surface area contributed by atoms with Crippen LogP contribution in [0, 0.1) is 0 Å². The lowest BCUT2D eigenvalue weighted by molar-refractivity contribution is -0.127. The van der Waals surface area contributed by atoms with Crippen LogP contribution in [0.5, 0.6) is 0 Å². The highest BCUT2D eigenvalue weighted by atomic mass is 35.5. The summed E-state index contributed by atoms with van der Waals surface area (Å²) in [5.41, 5.74) is 6.80. The van der Waals surface area contributed by atoms with E-state index < -0.39 is 0 Å². The number of hydrogen-bond acceptors (Lipinski definition) is 3. The first kappa shape index (κ1) is 14.9. The van der Waals surface area contributed by atoms with Gasteiger partial charge in [0.15, 0.2) is 0 Å². The van der Waals surface area contributed by atoms with Crippen molar-refractivity contribution in [3.05, 3.63) is 22.2 Å². The molecular formula is C12H17Cl2N3O. The van der Waals surface area contributed by atoms with Crippen molar-refractivity contribution < 1.29 is 4.79 Å². The van der Waals surface area contributed by atoms with E-state index in [1.807, 2.05) is 11.8 Å². The second-order valence-electron chi connectivity index (χ2n) is 4.14. The molecule has 0 unspecified atom stereocenters. The summed E-state index contributed by atoms with van der Waals surface area (Å²) in [4.78, 5) is 15.1. The molecule has 2 N–H and O–H groups in total. The minimum atomic E-state index is -0.0131. The van der Waals surface area contributed by atoms with E-state index in [-0.39, 0.29) is 12.5 Å². The van der Waals surface area contributed by atoms with Crippen LogP contribution in [0.3, 0.4) is 0 Å². The summed E-state index contributed by atoms with van der Waals surface area (Å²) < 4.78 is 0. The van der Waals surface area contributed by atoms with Gasteiger partial charge in [0.25, 0.3) is 0 Å². The van der Waals surface area contributed by atoms with Crippen LogP contribution in [-0.4, -0.2) is 38.0 Å². The Kier molecular flexibility index (Phi) is 5.11. The molecule has 0 aliphatic heterocycles. The average molecular weight is 290 g/mol. The van der Waals surface area contributed by atoms with Gasteiger partial charge in [-0.1, -0.05) is 23.2 Å². The van der Waals surface area contributed by atoms with E-state index in [0.29, 0.717) is 28.0 Å². The maximum Gasteiger partial charge on any atom is 0.241 e. The lowest BCUT2D eigenvalue weighted by Gasteiger charge is -2.26. The largest absolute Gasteiger partial charge is 0.399 e. The highest BCUT2D eigenvalue weighted by Gasteiger charge is 2.17. The molecule has 1 aromatic rings. The SMILES string of the molecule is CCN(CC(=O)N(C)C)c1c(Cl)cc(N)cc1Cl. The van der Waals surface area contributed by atoms with Crippen LogP contribution in [0.1, 0.15) is 6.92 Å². The number of hydrogen-bond donors (Lipinski definition) is 1. The molecule has 1 amide bonds. The van der Waals surface area contributed by atoms with E-state index in [1.54, 1.807) is 26.2 Å². The fourth-order valence-electron chi connectivity index (χ4n) is 1.54. The van der Waals surface area contributed by atoms with Gasteiger partial charge in [0, 0.05) is 26.3 Å². The summed E-state index contributed by atoms with van der Waals surface area (Å²) in [5.74, 6) is -0.0131. The molecule has 18 heavy (non-hydrogen) atoms. The minimum Gasteiger partial charge on any atom is -0.399 e. The Morgan fingerprint density at radius 2 is 1.78 bits per heavy atom. The Hall–Kier alpha value is -1.13. The number of benzene rings is 1. The van der Waals surface area contributed by atoms with E-state index in [4.69, 9.17) is 28.9 Å². The number of anilines is 2. The fraction of sp³-hybridized carbons (Fsp3) is 0.417. The van der Waals surface area contributed by atoms with E-state index in [9.17, 15) is 4.79 Å². The van der Waals surface area contributed by atoms with E-state index in [2.05, 4.69) is 0 Å². The van der Waals surface area contributed by atoms with Gasteiger partial charge < -0.3 is 15.5 Å². The Morgan fingerprint density at radius 1 is 1.28 bits per heavy atom. The quantitative estimate of drug-likeness (QED) is 0.867. The first-order chi connectivity index (χ1) is 8.36. The molecule has 0 saturated carbocycles. The maximum absolute atomic E-state index is 11.7. The van der Waals surface area contributed by atoms with Crippen LogP contribution in [0.4, 0.5) is 11.4 Å². The number of carbonyl (C=O) groups excluding carboxylic acids is 1. The number of carbonyl (C=O) groups is 1. The highest BCUT2D eigenvalue weighted by Crippen LogP contribution is 2.35. The van der Waals surface area contributed by atoms with Crippen molar-refractivity contribution in [3.63, 3.8) is 0 Å². The van der Waals surface area contributed by atoms with Crippen molar-refractivity contribution >= 4 is 40.5 Å². The zero-order valence-electron chi connectivity index (χ0n) is 10.7. The monoisotopic (exact) mass is 289 g/mol. The Balaban J connectivity index is 3.06. The van der Waals surface area contributed by atoms with Crippen LogP contribution in [0.25, 0.3) is 0 Å². The molecule has 0 aromatic heterocycles. The van der Waals surface area contributed by atoms with Gasteiger partial charge in [-0.15, -0.1) is 0 Å². The van der Waals surface area contributed by atoms with Gasteiger partial charge in [-0.05, 0) is 19.1 Å². The molecule has 0 atom stereocenters. The third-order valence-electron chi connectivity index (χ3n) is 2.56. The molecule has 100 valence electrons. The smallest absolute Gasteiger partial charge is 0.241 e. The molecule has 0 aliphatic carbocycles. The highest BCUT2D eigenvalue weighted by molar-refractivity contribution is 6.39. The van der Waals surface area contributed by atoms with E-state index in [1.165, 1.54) is 4.90 Å². The summed E-state index contributed by atoms with van der Waals surface area (Å²) in [6, 6.07) is 3.26. The van der Waals surface area contributed by atoms with Gasteiger partial charge in [0.1, 0.15) is 0 Å². The summed E-state index contributed by atoms with van der Waals surface area (Å²) in [7, 11) is 3.42. The third kappa shape index (κ3) is 3.43. The first-order valence-corrected chi connectivity index (χ1v) is 6.32. The van der Waals surface area contributed by atoms with Crippen LogP contribution in [0.15, 0.2) is 12.1 Å². The molecule has 0 spiro atoms. The van der Waals surface area contributed by atoms with E-state index in [0.717, 1.165) is 0 Å². The lowest BCUT2D eigenvalue weighted by atomic mass is 10.2. The Labute approximate surface area is 117 Å². The van der Waals surface area contributed by atoms with Crippen molar-refractivity contribution in [1.82, 2.24) is 4.90 Å². The summed E-state index contributed by atoms with van der Waals surface area (Å²) >= 11 is 12.3. The second kappa shape index (κ2) is 6.16. The standard InChI is InChI=1S/C12H17Cl2N3O/c1-4-17(7-11(18)16(2)3)12-9(13)5-8(15)6-10(12)14/h5-6H,4,7,15H2,1-3H3. The molecule has 1 rings (SSSR count). The predicted octanol–water partition coefficient (Wildman–Crippen LogP) is 2.49. The number of amides is 1. The summed E-state index contributed by atoms with van der Waals surface area (Å²) in [5, 5.41) is 0.904. The number of halogens is 2. The van der Waals surface area contributed by atoms with Crippen molar-refractivity contribution in [2.75, 3.05) is 37.8 Å². The fourth-order valence-corrected chi connectivity index (χ4v) is 2.28. The third-order valence-corrected chi connectivity index (χ3v) is 3.14. The van der Waals surface area contributed by atoms with Crippen LogP contribution in [-0.2, 0) is 4.79 Å². The van der Waals surface area contributed by atoms with Gasteiger partial charge in [0.05, 0.1) is 22.3 Å². The molecule has 0 heterocycles. The van der Waals surface area contributed by atoms with Crippen LogP contribution >= 0.6 is 23.2 Å². The van der Waals surface area contributed by atoms with Gasteiger partial charge >= 0.3 is 0 Å². The van der Waals surface area contributed by atoms with Crippen LogP contribution in [0.2, 0.25) is 10.0 Å². The molecule has 6 heteroatoms. The summed E-state index contributed by atoms with van der Waals surface area (Å²) in [6.45, 7) is 2.79. The topological polar surface area (TPSA) is 49.6 Å². The van der Waals surface area contributed by atoms with Gasteiger partial charge in [-0.25, -0.2) is 0 Å². The maximum atomic E-state index is 11.7. The van der Waals surface area contributed by atoms with Crippen molar-refractivity contribution in [1.29, 1.82) is 0 Å². The molecule has 4 nitrogen and oxygen atoms in total. The van der Waals surface area contributed by atoms with Crippen molar-refractivity contribution in [2.45, 2.75) is 6.92 Å². The van der Waals surface area contributed by atoms with Gasteiger partial charge in [-0.3, -0.25) is 4.79 Å². The molecule has 0 aliphatic rings.